The number of thioether (sulfide) groups is 1. The lowest BCUT2D eigenvalue weighted by Crippen LogP contribution is -2.44. The number of likely N-dealkylation sites (tertiary alicyclic amines) is 1. The molecule has 0 radical (unpaired) electrons. The number of carbonyl (C=O) groups excluding carboxylic acids is 1. The van der Waals surface area contributed by atoms with E-state index < -0.39 is 0 Å². The van der Waals surface area contributed by atoms with Crippen LogP contribution in [0.4, 0.5) is 0 Å². The van der Waals surface area contributed by atoms with Gasteiger partial charge in [0, 0.05) is 31.0 Å². The van der Waals surface area contributed by atoms with Gasteiger partial charge in [0.15, 0.2) is 5.16 Å². The number of rotatable bonds is 4. The number of aromatic nitrogens is 3. The molecular formula is C18H23N5OS. The summed E-state index contributed by atoms with van der Waals surface area (Å²) in [4.78, 5) is 18.9. The van der Waals surface area contributed by atoms with Crippen LogP contribution < -0.4 is 5.32 Å². The van der Waals surface area contributed by atoms with E-state index in [-0.39, 0.29) is 5.91 Å². The van der Waals surface area contributed by atoms with Crippen LogP contribution in [0.3, 0.4) is 0 Å². The van der Waals surface area contributed by atoms with Crippen molar-refractivity contribution in [3.63, 3.8) is 0 Å². The van der Waals surface area contributed by atoms with Gasteiger partial charge in [-0.1, -0.05) is 23.9 Å². The highest BCUT2D eigenvalue weighted by Gasteiger charge is 2.38. The van der Waals surface area contributed by atoms with Gasteiger partial charge in [-0.05, 0) is 48.9 Å². The van der Waals surface area contributed by atoms with Gasteiger partial charge in [-0.25, -0.2) is 4.98 Å². The molecule has 0 saturated carbocycles. The predicted octanol–water partition coefficient (Wildman–Crippen LogP) is 2.31. The van der Waals surface area contributed by atoms with Crippen LogP contribution in [0.1, 0.15) is 35.2 Å². The first kappa shape index (κ1) is 16.6. The number of hydrogen-bond donors (Lipinski definition) is 2. The summed E-state index contributed by atoms with van der Waals surface area (Å²) in [7, 11) is 0. The van der Waals surface area contributed by atoms with Gasteiger partial charge in [0.05, 0.1) is 0 Å². The molecule has 0 unspecified atom stereocenters. The lowest BCUT2D eigenvalue weighted by atomic mass is 9.78. The zero-order valence-corrected chi connectivity index (χ0v) is 15.0. The van der Waals surface area contributed by atoms with Crippen LogP contribution >= 0.6 is 11.8 Å². The van der Waals surface area contributed by atoms with Crippen LogP contribution in [0.25, 0.3) is 0 Å². The van der Waals surface area contributed by atoms with Crippen LogP contribution in [0.2, 0.25) is 0 Å². The van der Waals surface area contributed by atoms with E-state index in [4.69, 9.17) is 0 Å². The highest BCUT2D eigenvalue weighted by Crippen LogP contribution is 2.37. The summed E-state index contributed by atoms with van der Waals surface area (Å²) in [6.07, 6.45) is 5.01. The fourth-order valence-electron chi connectivity index (χ4n) is 3.75. The number of nitrogens with zero attached hydrogens (tertiary/aromatic N) is 3. The minimum atomic E-state index is 0.162. The molecule has 1 aromatic carbocycles. The maximum atomic E-state index is 12.7. The standard InChI is InChI=1S/C18H23N5OS/c24-16(23-9-6-18(7-10-23)5-8-19-12-18)15-3-1-14(2-4-15)11-25-17-20-13-21-22-17/h1-4,13,19H,5-12H2,(H,20,21,22). The van der Waals surface area contributed by atoms with Gasteiger partial charge in [0.25, 0.3) is 5.91 Å². The molecule has 0 atom stereocenters. The molecule has 1 aromatic heterocycles. The van der Waals surface area contributed by atoms with Gasteiger partial charge in [-0.2, -0.15) is 5.10 Å². The molecule has 3 heterocycles. The topological polar surface area (TPSA) is 73.9 Å². The summed E-state index contributed by atoms with van der Waals surface area (Å²) < 4.78 is 0. The van der Waals surface area contributed by atoms with Crippen molar-refractivity contribution < 1.29 is 4.79 Å². The number of carbonyl (C=O) groups is 1. The number of nitrogens with one attached hydrogen (secondary N) is 2. The Balaban J connectivity index is 1.33. The third kappa shape index (κ3) is 3.72. The second kappa shape index (κ2) is 7.17. The van der Waals surface area contributed by atoms with Gasteiger partial charge < -0.3 is 10.2 Å². The van der Waals surface area contributed by atoms with E-state index in [1.54, 1.807) is 11.8 Å². The van der Waals surface area contributed by atoms with Crippen molar-refractivity contribution in [1.29, 1.82) is 0 Å². The maximum Gasteiger partial charge on any atom is 0.253 e. The molecule has 2 aromatic rings. The Morgan fingerprint density at radius 2 is 2.00 bits per heavy atom. The largest absolute Gasteiger partial charge is 0.339 e. The second-order valence-electron chi connectivity index (χ2n) is 7.00. The van der Waals surface area contributed by atoms with Crippen LogP contribution in [0.5, 0.6) is 0 Å². The molecule has 7 heteroatoms. The van der Waals surface area contributed by atoms with Crippen molar-refractivity contribution in [2.75, 3.05) is 26.2 Å². The average molecular weight is 357 g/mol. The lowest BCUT2D eigenvalue weighted by molar-refractivity contribution is 0.0607. The SMILES string of the molecule is O=C(c1ccc(CSc2ncn[nH]2)cc1)N1CCC2(CCNC2)CC1. The molecule has 1 amide bonds. The molecule has 1 spiro atoms. The van der Waals surface area contributed by atoms with Gasteiger partial charge >= 0.3 is 0 Å². The monoisotopic (exact) mass is 357 g/mol. The third-order valence-corrected chi connectivity index (χ3v) is 6.36. The number of H-pyrrole nitrogens is 1. The molecule has 25 heavy (non-hydrogen) atoms. The zero-order valence-electron chi connectivity index (χ0n) is 14.2. The van der Waals surface area contributed by atoms with Crippen molar-refractivity contribution in [1.82, 2.24) is 25.4 Å². The van der Waals surface area contributed by atoms with Crippen LogP contribution in [-0.4, -0.2) is 52.2 Å². The van der Waals surface area contributed by atoms with Crippen LogP contribution in [0.15, 0.2) is 35.7 Å². The number of amides is 1. The van der Waals surface area contributed by atoms with E-state index in [0.29, 0.717) is 5.41 Å². The van der Waals surface area contributed by atoms with Crippen molar-refractivity contribution >= 4 is 17.7 Å². The molecule has 2 fully saturated rings. The summed E-state index contributed by atoms with van der Waals surface area (Å²) >= 11 is 1.60. The van der Waals surface area contributed by atoms with E-state index in [0.717, 1.165) is 55.5 Å². The molecule has 132 valence electrons. The predicted molar refractivity (Wildman–Crippen MR) is 97.4 cm³/mol. The average Bonchev–Trinajstić information content (AvgIpc) is 3.33. The molecule has 2 saturated heterocycles. The summed E-state index contributed by atoms with van der Waals surface area (Å²) in [5.41, 5.74) is 2.40. The zero-order chi connectivity index (χ0) is 17.1. The molecule has 2 N–H and O–H groups in total. The van der Waals surface area contributed by atoms with Gasteiger partial charge in [-0.15, -0.1) is 0 Å². The Labute approximate surface area is 151 Å². The summed E-state index contributed by atoms with van der Waals surface area (Å²) in [5, 5.41) is 11.0. The van der Waals surface area contributed by atoms with E-state index in [1.807, 2.05) is 29.2 Å². The number of benzene rings is 1. The summed E-state index contributed by atoms with van der Waals surface area (Å²) in [6, 6.07) is 7.95. The molecule has 4 rings (SSSR count). The molecule has 6 nitrogen and oxygen atoms in total. The first-order chi connectivity index (χ1) is 12.2. The Bertz CT molecular complexity index is 700. The Kier molecular flexibility index (Phi) is 4.76. The fraction of sp³-hybridized carbons (Fsp3) is 0.500. The van der Waals surface area contributed by atoms with Crippen molar-refractivity contribution in [3.8, 4) is 0 Å². The Hall–Kier alpha value is -1.86. The van der Waals surface area contributed by atoms with Crippen molar-refractivity contribution in [2.45, 2.75) is 30.2 Å². The smallest absolute Gasteiger partial charge is 0.253 e. The van der Waals surface area contributed by atoms with Crippen molar-refractivity contribution in [2.24, 2.45) is 5.41 Å². The first-order valence-electron chi connectivity index (χ1n) is 8.81. The lowest BCUT2D eigenvalue weighted by Gasteiger charge is -2.38. The van der Waals surface area contributed by atoms with Crippen LogP contribution in [0, 0.1) is 5.41 Å². The maximum absolute atomic E-state index is 12.7. The summed E-state index contributed by atoms with van der Waals surface area (Å²) in [6.45, 7) is 4.00. The molecule has 2 aliphatic heterocycles. The van der Waals surface area contributed by atoms with E-state index in [9.17, 15) is 4.79 Å². The van der Waals surface area contributed by atoms with Gasteiger partial charge in [-0.3, -0.25) is 9.89 Å². The summed E-state index contributed by atoms with van der Waals surface area (Å²) in [5.74, 6) is 0.971. The van der Waals surface area contributed by atoms with E-state index in [1.165, 1.54) is 18.3 Å². The normalized spacial score (nSPS) is 19.4. The van der Waals surface area contributed by atoms with Crippen LogP contribution in [-0.2, 0) is 5.75 Å². The van der Waals surface area contributed by atoms with E-state index in [2.05, 4.69) is 20.5 Å². The fourth-order valence-corrected chi connectivity index (χ4v) is 4.48. The molecule has 2 aliphatic rings. The number of piperidine rings is 1. The second-order valence-corrected chi connectivity index (χ2v) is 7.96. The number of hydrogen-bond acceptors (Lipinski definition) is 5. The minimum Gasteiger partial charge on any atom is -0.339 e. The van der Waals surface area contributed by atoms with Gasteiger partial charge in [0.2, 0.25) is 0 Å². The van der Waals surface area contributed by atoms with Crippen molar-refractivity contribution in [3.05, 3.63) is 41.7 Å². The first-order valence-corrected chi connectivity index (χ1v) is 9.80. The minimum absolute atomic E-state index is 0.162. The Morgan fingerprint density at radius 3 is 2.64 bits per heavy atom. The highest BCUT2D eigenvalue weighted by atomic mass is 32.2. The Morgan fingerprint density at radius 1 is 1.20 bits per heavy atom. The van der Waals surface area contributed by atoms with E-state index >= 15 is 0 Å². The highest BCUT2D eigenvalue weighted by molar-refractivity contribution is 7.98. The molecule has 0 bridgehead atoms. The third-order valence-electron chi connectivity index (χ3n) is 5.41. The molecular weight excluding hydrogens is 334 g/mol. The quantitative estimate of drug-likeness (QED) is 0.822. The molecule has 0 aliphatic carbocycles. The van der Waals surface area contributed by atoms with Gasteiger partial charge in [0.1, 0.15) is 6.33 Å². The number of aromatic amines is 1.